The van der Waals surface area contributed by atoms with Crippen LogP contribution in [0.1, 0.15) is 16.7 Å². The van der Waals surface area contributed by atoms with E-state index < -0.39 is 17.3 Å². The van der Waals surface area contributed by atoms with Crippen molar-refractivity contribution in [2.24, 2.45) is 0 Å². The van der Waals surface area contributed by atoms with E-state index in [0.29, 0.717) is 5.56 Å². The molecule has 2 aromatic carbocycles. The van der Waals surface area contributed by atoms with E-state index in [1.165, 1.54) is 46.0 Å². The second-order valence-corrected chi connectivity index (χ2v) is 8.90. The van der Waals surface area contributed by atoms with Crippen molar-refractivity contribution in [1.82, 2.24) is 29.4 Å². The van der Waals surface area contributed by atoms with Gasteiger partial charge in [-0.1, -0.05) is 36.0 Å². The number of benzene rings is 2. The van der Waals surface area contributed by atoms with E-state index in [0.717, 1.165) is 35.2 Å². The number of thioether (sulfide) groups is 1. The minimum absolute atomic E-state index is 0.206. The van der Waals surface area contributed by atoms with Gasteiger partial charge in [0.1, 0.15) is 12.4 Å². The summed E-state index contributed by atoms with van der Waals surface area (Å²) in [6, 6.07) is 13.7. The zero-order chi connectivity index (χ0) is 26.7. The molecule has 0 spiro atoms. The van der Waals surface area contributed by atoms with Crippen LogP contribution in [0.15, 0.2) is 83.1 Å². The van der Waals surface area contributed by atoms with Crippen molar-refractivity contribution >= 4 is 17.3 Å². The van der Waals surface area contributed by atoms with Crippen molar-refractivity contribution in [1.29, 1.82) is 0 Å². The Morgan fingerprint density at radius 2 is 1.68 bits per heavy atom. The van der Waals surface area contributed by atoms with Crippen molar-refractivity contribution in [3.63, 3.8) is 0 Å². The zero-order valence-corrected chi connectivity index (χ0v) is 20.6. The van der Waals surface area contributed by atoms with E-state index in [2.05, 4.69) is 20.2 Å². The Morgan fingerprint density at radius 3 is 2.34 bits per heavy atom. The number of fused-ring (bicyclic) bond motifs is 1. The summed E-state index contributed by atoms with van der Waals surface area (Å²) in [4.78, 5) is 21.9. The molecule has 0 radical (unpaired) electrons. The van der Waals surface area contributed by atoms with E-state index in [-0.39, 0.29) is 34.7 Å². The summed E-state index contributed by atoms with van der Waals surface area (Å²) < 4.78 is 52.0. The van der Waals surface area contributed by atoms with Gasteiger partial charge >= 0.3 is 6.18 Å². The molecule has 0 N–H and O–H groups in total. The number of halogens is 3. The fourth-order valence-electron chi connectivity index (χ4n) is 3.47. The first-order chi connectivity index (χ1) is 18.3. The molecule has 0 aliphatic heterocycles. The van der Waals surface area contributed by atoms with E-state index >= 15 is 0 Å². The smallest absolute Gasteiger partial charge is 0.416 e. The molecule has 194 valence electrons. The number of rotatable bonds is 8. The van der Waals surface area contributed by atoms with Gasteiger partial charge in [0.25, 0.3) is 5.56 Å². The molecule has 3 heterocycles. The van der Waals surface area contributed by atoms with Crippen molar-refractivity contribution in [3.05, 3.63) is 100 Å². The predicted octanol–water partition coefficient (Wildman–Crippen LogP) is 4.57. The van der Waals surface area contributed by atoms with Gasteiger partial charge in [0.15, 0.2) is 16.5 Å². The molecule has 3 aromatic heterocycles. The summed E-state index contributed by atoms with van der Waals surface area (Å²) in [6.45, 7) is 0.259. The highest BCUT2D eigenvalue weighted by Crippen LogP contribution is 2.30. The van der Waals surface area contributed by atoms with Crippen LogP contribution in [0.25, 0.3) is 11.3 Å². The van der Waals surface area contributed by atoms with Crippen molar-refractivity contribution in [2.45, 2.75) is 23.7 Å². The van der Waals surface area contributed by atoms with Gasteiger partial charge in [0, 0.05) is 5.75 Å². The minimum Gasteiger partial charge on any atom is -0.497 e. The molecule has 0 unspecified atom stereocenters. The Labute approximate surface area is 217 Å². The van der Waals surface area contributed by atoms with E-state index in [1.807, 2.05) is 24.3 Å². The van der Waals surface area contributed by atoms with Crippen molar-refractivity contribution < 1.29 is 22.6 Å². The lowest BCUT2D eigenvalue weighted by atomic mass is 10.1. The lowest BCUT2D eigenvalue weighted by Crippen LogP contribution is -2.25. The fraction of sp³-hybridized carbons (Fsp3) is 0.160. The number of alkyl halides is 3. The van der Waals surface area contributed by atoms with Gasteiger partial charge in [0.05, 0.1) is 31.3 Å². The quantitative estimate of drug-likeness (QED) is 0.264. The van der Waals surface area contributed by atoms with Crippen LogP contribution in [0.3, 0.4) is 0 Å². The van der Waals surface area contributed by atoms with Crippen LogP contribution >= 0.6 is 11.8 Å². The van der Waals surface area contributed by atoms with Crippen LogP contribution < -0.4 is 15.0 Å². The molecule has 13 heteroatoms. The summed E-state index contributed by atoms with van der Waals surface area (Å²) in [5.41, 5.74) is 0.603. The highest BCUT2D eigenvalue weighted by molar-refractivity contribution is 7.98. The molecule has 0 atom stereocenters. The standard InChI is InChI=1S/C25H19F3N6O3S/c1-36-19-8-4-16(5-9-19)14-37-22-13-29-21(12-30-22)33-23(35)20-10-11-31-34(20)32-24(33)38-15-17-2-6-18(7-3-17)25(26,27)28/h2-13H,14-15H2,1H3. The number of ether oxygens (including phenoxy) is 2. The summed E-state index contributed by atoms with van der Waals surface area (Å²) in [5, 5.41) is 8.68. The first kappa shape index (κ1) is 25.3. The third kappa shape index (κ3) is 5.47. The molecule has 0 bridgehead atoms. The van der Waals surface area contributed by atoms with E-state index in [1.54, 1.807) is 7.11 Å². The molecule has 0 amide bonds. The summed E-state index contributed by atoms with van der Waals surface area (Å²) in [6.07, 6.45) is -0.181. The van der Waals surface area contributed by atoms with Crippen LogP contribution in [0, 0.1) is 0 Å². The maximum Gasteiger partial charge on any atom is 0.416 e. The maximum atomic E-state index is 13.2. The van der Waals surface area contributed by atoms with Crippen LogP contribution in [0.5, 0.6) is 11.6 Å². The average molecular weight is 541 g/mol. The molecule has 5 aromatic rings. The molecular weight excluding hydrogens is 521 g/mol. The van der Waals surface area contributed by atoms with Gasteiger partial charge in [0.2, 0.25) is 5.88 Å². The second-order valence-electron chi connectivity index (χ2n) is 7.96. The van der Waals surface area contributed by atoms with Crippen molar-refractivity contribution in [3.8, 4) is 17.4 Å². The topological polar surface area (TPSA) is 96.4 Å². The van der Waals surface area contributed by atoms with Gasteiger partial charge in [-0.3, -0.25) is 4.79 Å². The molecule has 0 aliphatic rings. The van der Waals surface area contributed by atoms with Gasteiger partial charge < -0.3 is 9.47 Å². The maximum absolute atomic E-state index is 13.2. The Kier molecular flexibility index (Phi) is 7.01. The summed E-state index contributed by atoms with van der Waals surface area (Å²) in [7, 11) is 1.59. The highest BCUT2D eigenvalue weighted by Gasteiger charge is 2.30. The Morgan fingerprint density at radius 1 is 0.947 bits per heavy atom. The normalized spacial score (nSPS) is 11.6. The van der Waals surface area contributed by atoms with Gasteiger partial charge in [-0.2, -0.15) is 18.3 Å². The number of nitrogens with zero attached hydrogens (tertiary/aromatic N) is 6. The molecule has 0 saturated carbocycles. The van der Waals surface area contributed by atoms with E-state index in [4.69, 9.17) is 9.47 Å². The van der Waals surface area contributed by atoms with Crippen LogP contribution in [0.2, 0.25) is 0 Å². The van der Waals surface area contributed by atoms with Crippen LogP contribution in [-0.2, 0) is 18.5 Å². The first-order valence-corrected chi connectivity index (χ1v) is 12.1. The average Bonchev–Trinajstić information content (AvgIpc) is 3.40. The molecule has 0 saturated heterocycles. The fourth-order valence-corrected chi connectivity index (χ4v) is 4.40. The lowest BCUT2D eigenvalue weighted by Gasteiger charge is -2.12. The summed E-state index contributed by atoms with van der Waals surface area (Å²) in [5.74, 6) is 1.46. The SMILES string of the molecule is COc1ccc(COc2cnc(-n3c(SCc4ccc(C(F)(F)F)cc4)nn4nccc4c3=O)cn2)cc1. The number of aromatic nitrogens is 6. The number of hydrogen-bond acceptors (Lipinski definition) is 8. The Bertz CT molecular complexity index is 1600. The molecule has 0 aliphatic carbocycles. The third-order valence-corrected chi connectivity index (χ3v) is 6.46. The lowest BCUT2D eigenvalue weighted by molar-refractivity contribution is -0.137. The molecular formula is C25H19F3N6O3S. The van der Waals surface area contributed by atoms with Crippen molar-refractivity contribution in [2.75, 3.05) is 7.11 Å². The van der Waals surface area contributed by atoms with Gasteiger partial charge in [-0.05, 0) is 41.5 Å². The molecule has 9 nitrogen and oxygen atoms in total. The van der Waals surface area contributed by atoms with E-state index in [9.17, 15) is 18.0 Å². The number of hydrogen-bond donors (Lipinski definition) is 0. The van der Waals surface area contributed by atoms with Crippen LogP contribution in [-0.4, -0.2) is 36.5 Å². The van der Waals surface area contributed by atoms with Gasteiger partial charge in [-0.25, -0.2) is 14.5 Å². The largest absolute Gasteiger partial charge is 0.497 e. The number of methoxy groups -OCH3 is 1. The monoisotopic (exact) mass is 540 g/mol. The predicted molar refractivity (Wildman–Crippen MR) is 133 cm³/mol. The molecule has 38 heavy (non-hydrogen) atoms. The molecule has 5 rings (SSSR count). The summed E-state index contributed by atoms with van der Waals surface area (Å²) >= 11 is 1.16. The zero-order valence-electron chi connectivity index (χ0n) is 19.8. The minimum atomic E-state index is -4.41. The highest BCUT2D eigenvalue weighted by atomic mass is 32.2. The van der Waals surface area contributed by atoms with Crippen LogP contribution in [0.4, 0.5) is 13.2 Å². The molecule has 0 fully saturated rings. The third-order valence-electron chi connectivity index (χ3n) is 5.46. The Hall–Kier alpha value is -4.39. The Balaban J connectivity index is 1.37. The second kappa shape index (κ2) is 10.5. The first-order valence-electron chi connectivity index (χ1n) is 11.2. The van der Waals surface area contributed by atoms with Gasteiger partial charge in [-0.15, -0.1) is 9.73 Å².